The summed E-state index contributed by atoms with van der Waals surface area (Å²) in [6, 6.07) is 13.0. The predicted octanol–water partition coefficient (Wildman–Crippen LogP) is 4.68. The lowest BCUT2D eigenvalue weighted by Crippen LogP contribution is -2.25. The third-order valence-electron chi connectivity index (χ3n) is 3.11. The molecule has 0 radical (unpaired) electrons. The molecular formula is C16H15BrClNO2S. The van der Waals surface area contributed by atoms with Crippen LogP contribution in [0, 0.1) is 0 Å². The van der Waals surface area contributed by atoms with Gasteiger partial charge in [0.05, 0.1) is 7.11 Å². The maximum absolute atomic E-state index is 12.1. The number of hydrogen-bond donors (Lipinski definition) is 1. The minimum absolute atomic E-state index is 0.110. The Balaban J connectivity index is 1.96. The van der Waals surface area contributed by atoms with Crippen LogP contribution in [0.15, 0.2) is 51.8 Å². The lowest BCUT2D eigenvalue weighted by Gasteiger charge is -2.10. The zero-order chi connectivity index (χ0) is 15.9. The molecule has 0 aromatic heterocycles. The van der Waals surface area contributed by atoms with Gasteiger partial charge in [-0.25, -0.2) is 0 Å². The van der Waals surface area contributed by atoms with Gasteiger partial charge in [0.25, 0.3) is 5.91 Å². The molecule has 0 heterocycles. The van der Waals surface area contributed by atoms with Crippen LogP contribution in [0.2, 0.25) is 0 Å². The van der Waals surface area contributed by atoms with E-state index >= 15 is 0 Å². The Morgan fingerprint density at radius 2 is 2.14 bits per heavy atom. The van der Waals surface area contributed by atoms with Crippen LogP contribution in [0.1, 0.15) is 15.9 Å². The molecule has 22 heavy (non-hydrogen) atoms. The van der Waals surface area contributed by atoms with Crippen LogP contribution in [-0.2, 0) is 6.42 Å². The third kappa shape index (κ3) is 4.66. The summed E-state index contributed by atoms with van der Waals surface area (Å²) < 4.78 is 6.31. The van der Waals surface area contributed by atoms with Crippen LogP contribution in [-0.4, -0.2) is 19.6 Å². The van der Waals surface area contributed by atoms with E-state index in [1.807, 2.05) is 30.3 Å². The number of ether oxygens (including phenoxy) is 1. The molecule has 1 N–H and O–H groups in total. The van der Waals surface area contributed by atoms with Gasteiger partial charge in [-0.2, -0.15) is 0 Å². The largest absolute Gasteiger partial charge is 0.496 e. The number of halogens is 2. The molecule has 0 aliphatic heterocycles. The van der Waals surface area contributed by atoms with E-state index < -0.39 is 0 Å². The summed E-state index contributed by atoms with van der Waals surface area (Å²) in [5.74, 6) is 0.708. The van der Waals surface area contributed by atoms with Crippen molar-refractivity contribution in [1.82, 2.24) is 5.32 Å². The van der Waals surface area contributed by atoms with Gasteiger partial charge < -0.3 is 10.1 Å². The second-order valence-corrected chi connectivity index (χ2v) is 6.57. The van der Waals surface area contributed by atoms with Crippen LogP contribution in [0.4, 0.5) is 0 Å². The lowest BCUT2D eigenvalue weighted by molar-refractivity contribution is 0.0954. The summed E-state index contributed by atoms with van der Waals surface area (Å²) >= 11 is 3.44. The van der Waals surface area contributed by atoms with Gasteiger partial charge in [0.15, 0.2) is 0 Å². The monoisotopic (exact) mass is 399 g/mol. The van der Waals surface area contributed by atoms with Crippen LogP contribution in [0.3, 0.4) is 0 Å². The average Bonchev–Trinajstić information content (AvgIpc) is 2.55. The number of rotatable bonds is 6. The van der Waals surface area contributed by atoms with Crippen molar-refractivity contribution in [2.75, 3.05) is 13.7 Å². The summed E-state index contributed by atoms with van der Waals surface area (Å²) in [6.07, 6.45) is 0.693. The van der Waals surface area contributed by atoms with E-state index in [9.17, 15) is 4.79 Å². The van der Waals surface area contributed by atoms with Crippen molar-refractivity contribution in [2.24, 2.45) is 0 Å². The highest BCUT2D eigenvalue weighted by Gasteiger charge is 2.08. The smallest absolute Gasteiger partial charge is 0.251 e. The first-order valence-electron chi connectivity index (χ1n) is 6.63. The highest BCUT2D eigenvalue weighted by molar-refractivity contribution is 9.10. The Morgan fingerprint density at radius 3 is 2.86 bits per heavy atom. The molecule has 6 heteroatoms. The molecule has 0 unspecified atom stereocenters. The molecule has 2 aromatic carbocycles. The van der Waals surface area contributed by atoms with Crippen molar-refractivity contribution in [3.63, 3.8) is 0 Å². The number of carbonyl (C=O) groups excluding carboxylic acids is 1. The molecule has 1 amide bonds. The fourth-order valence-corrected chi connectivity index (χ4v) is 3.04. The molecule has 0 spiro atoms. The molecule has 3 nitrogen and oxygen atoms in total. The van der Waals surface area contributed by atoms with Crippen molar-refractivity contribution in [3.05, 3.63) is 58.1 Å². The molecule has 0 aliphatic rings. The summed E-state index contributed by atoms with van der Waals surface area (Å²) in [4.78, 5) is 13.0. The van der Waals surface area contributed by atoms with Crippen LogP contribution in [0.5, 0.6) is 5.75 Å². The highest BCUT2D eigenvalue weighted by Crippen LogP contribution is 2.24. The van der Waals surface area contributed by atoms with Crippen molar-refractivity contribution < 1.29 is 9.53 Å². The molecule has 0 bridgehead atoms. The topological polar surface area (TPSA) is 38.3 Å². The molecule has 0 saturated heterocycles. The second-order valence-electron chi connectivity index (χ2n) is 4.57. The second kappa shape index (κ2) is 8.46. The van der Waals surface area contributed by atoms with Gasteiger partial charge in [-0.15, -0.1) is 0 Å². The number of hydrogen-bond acceptors (Lipinski definition) is 3. The fraction of sp³-hybridized carbons (Fsp3) is 0.188. The van der Waals surface area contributed by atoms with Crippen molar-refractivity contribution in [3.8, 4) is 5.75 Å². The normalized spacial score (nSPS) is 10.3. The molecule has 0 aliphatic carbocycles. The number of methoxy groups -OCH3 is 1. The number of carbonyl (C=O) groups is 1. The highest BCUT2D eigenvalue weighted by atomic mass is 79.9. The zero-order valence-electron chi connectivity index (χ0n) is 11.9. The third-order valence-corrected chi connectivity index (χ3v) is 4.57. The Bertz CT molecular complexity index is 666. The minimum atomic E-state index is -0.110. The first-order valence-corrected chi connectivity index (χ1v) is 9.07. The van der Waals surface area contributed by atoms with Gasteiger partial charge in [-0.05, 0) is 70.0 Å². The molecular weight excluding hydrogens is 386 g/mol. The van der Waals surface area contributed by atoms with E-state index in [-0.39, 0.29) is 5.91 Å². The van der Waals surface area contributed by atoms with Crippen LogP contribution < -0.4 is 10.1 Å². The number of nitrogens with one attached hydrogen (secondary N) is 1. The number of amides is 1. The van der Waals surface area contributed by atoms with Gasteiger partial charge in [0, 0.05) is 21.5 Å². The van der Waals surface area contributed by atoms with E-state index in [0.29, 0.717) is 18.5 Å². The standard InChI is InChI=1S/C16H15BrClNO2S/c1-21-15-6-5-13(17)9-11(15)7-8-19-16(20)12-3-2-4-14(10-12)22-18/h2-6,9-10H,7-8H2,1H3,(H,19,20). The van der Waals surface area contributed by atoms with Crippen molar-refractivity contribution in [2.45, 2.75) is 11.3 Å². The van der Waals surface area contributed by atoms with Gasteiger partial charge in [-0.3, -0.25) is 4.79 Å². The Labute approximate surface area is 147 Å². The van der Waals surface area contributed by atoms with Gasteiger partial charge in [-0.1, -0.05) is 22.0 Å². The van der Waals surface area contributed by atoms with Gasteiger partial charge >= 0.3 is 0 Å². The average molecular weight is 401 g/mol. The van der Waals surface area contributed by atoms with Crippen molar-refractivity contribution in [1.29, 1.82) is 0 Å². The molecule has 0 atom stereocenters. The van der Waals surface area contributed by atoms with Gasteiger partial charge in [0.1, 0.15) is 5.75 Å². The van der Waals surface area contributed by atoms with E-state index in [2.05, 4.69) is 21.2 Å². The maximum Gasteiger partial charge on any atom is 0.251 e. The van der Waals surface area contributed by atoms with Crippen LogP contribution >= 0.6 is 37.6 Å². The molecule has 0 fully saturated rings. The Morgan fingerprint density at radius 1 is 1.32 bits per heavy atom. The zero-order valence-corrected chi connectivity index (χ0v) is 15.1. The van der Waals surface area contributed by atoms with Crippen molar-refractivity contribution >= 4 is 43.5 Å². The molecule has 116 valence electrons. The first-order chi connectivity index (χ1) is 10.6. The summed E-state index contributed by atoms with van der Waals surface area (Å²) in [6.45, 7) is 0.532. The fourth-order valence-electron chi connectivity index (χ4n) is 2.04. The summed E-state index contributed by atoms with van der Waals surface area (Å²) in [5, 5.41) is 2.91. The molecule has 0 saturated carbocycles. The van der Waals surface area contributed by atoms with E-state index in [0.717, 1.165) is 31.7 Å². The van der Waals surface area contributed by atoms with Crippen LogP contribution in [0.25, 0.3) is 0 Å². The van der Waals surface area contributed by atoms with Gasteiger partial charge in [0.2, 0.25) is 0 Å². The number of benzene rings is 2. The first kappa shape index (κ1) is 17.2. The van der Waals surface area contributed by atoms with E-state index in [4.69, 9.17) is 15.4 Å². The molecule has 2 rings (SSSR count). The quantitative estimate of drug-likeness (QED) is 0.765. The Hall–Kier alpha value is -1.17. The molecule has 2 aromatic rings. The SMILES string of the molecule is COc1ccc(Br)cc1CCNC(=O)c1cccc(SCl)c1. The lowest BCUT2D eigenvalue weighted by atomic mass is 10.1. The summed E-state index contributed by atoms with van der Waals surface area (Å²) in [5.41, 5.74) is 1.65. The predicted molar refractivity (Wildman–Crippen MR) is 94.9 cm³/mol. The van der Waals surface area contributed by atoms with E-state index in [1.54, 1.807) is 19.2 Å². The maximum atomic E-state index is 12.1. The Kier molecular flexibility index (Phi) is 6.61. The van der Waals surface area contributed by atoms with E-state index in [1.165, 1.54) is 0 Å². The minimum Gasteiger partial charge on any atom is -0.496 e. The summed E-state index contributed by atoms with van der Waals surface area (Å²) in [7, 11) is 8.44.